The molecular formula is C34H38B2FNO5S. The molecule has 1 saturated carbocycles. The fraction of sp³-hybridized carbons (Fsp3) is 0.471. The lowest BCUT2D eigenvalue weighted by molar-refractivity contribution is 0.00578. The van der Waals surface area contributed by atoms with Crippen LogP contribution in [0.15, 0.2) is 48.5 Å². The molecule has 10 heteroatoms. The van der Waals surface area contributed by atoms with E-state index in [9.17, 15) is 0 Å². The maximum Gasteiger partial charge on any atom is 0.495 e. The summed E-state index contributed by atoms with van der Waals surface area (Å²) < 4.78 is 50.2. The SMILES string of the molecule is CC1OB(c2ccc3c(c2)cc2n3C(c3ccc(CC4CC4)s3)Oc3cc(B4OC(C)(C)C(C)(C)O4)cc(F)c3-2)OC1(C)C. The molecule has 0 bridgehead atoms. The molecule has 3 aliphatic heterocycles. The van der Waals surface area contributed by atoms with Crippen LogP contribution in [-0.4, -0.2) is 41.7 Å². The summed E-state index contributed by atoms with van der Waals surface area (Å²) >= 11 is 1.79. The van der Waals surface area contributed by atoms with Crippen LogP contribution in [0.25, 0.3) is 22.2 Å². The molecule has 4 aromatic rings. The molecule has 44 heavy (non-hydrogen) atoms. The maximum absolute atomic E-state index is 16.3. The normalized spacial score (nSPS) is 24.9. The summed E-state index contributed by atoms with van der Waals surface area (Å²) in [6.07, 6.45) is 3.24. The third-order valence-corrected chi connectivity index (χ3v) is 11.4. The highest BCUT2D eigenvalue weighted by atomic mass is 32.1. The second-order valence-electron chi connectivity index (χ2n) is 14.4. The van der Waals surface area contributed by atoms with Crippen LogP contribution >= 0.6 is 11.3 Å². The smallest absolute Gasteiger partial charge is 0.464 e. The number of hydrogen-bond donors (Lipinski definition) is 0. The number of hydrogen-bond acceptors (Lipinski definition) is 6. The lowest BCUT2D eigenvalue weighted by Crippen LogP contribution is -2.41. The molecule has 2 saturated heterocycles. The first-order valence-corrected chi connectivity index (χ1v) is 16.5. The van der Waals surface area contributed by atoms with Gasteiger partial charge in [-0.3, -0.25) is 4.57 Å². The van der Waals surface area contributed by atoms with Gasteiger partial charge < -0.3 is 23.4 Å². The molecule has 8 rings (SSSR count). The van der Waals surface area contributed by atoms with Crippen molar-refractivity contribution in [1.82, 2.24) is 4.57 Å². The van der Waals surface area contributed by atoms with Crippen molar-refractivity contribution in [1.29, 1.82) is 0 Å². The first-order valence-electron chi connectivity index (χ1n) is 15.7. The predicted octanol–water partition coefficient (Wildman–Crippen LogP) is 6.61. The minimum absolute atomic E-state index is 0.0361. The molecule has 2 aromatic carbocycles. The van der Waals surface area contributed by atoms with Crippen LogP contribution in [0.5, 0.6) is 5.75 Å². The van der Waals surface area contributed by atoms with E-state index in [0.29, 0.717) is 16.8 Å². The quantitative estimate of drug-likeness (QED) is 0.237. The number of thiophene rings is 1. The Balaban J connectivity index is 1.24. The van der Waals surface area contributed by atoms with E-state index in [2.05, 4.69) is 34.9 Å². The monoisotopic (exact) mass is 613 g/mol. The molecule has 2 atom stereocenters. The average molecular weight is 613 g/mol. The highest BCUT2D eigenvalue weighted by Crippen LogP contribution is 2.47. The summed E-state index contributed by atoms with van der Waals surface area (Å²) in [6.45, 7) is 14.1. The standard InChI is InChI=1S/C34H38B2FNO5S/c1-19-32(2,3)41-35(40-19)22-10-12-26-21(15-22)16-27-30-25(37)17-23(36-42-33(4,5)34(6,7)43-36)18-28(30)39-31(38(26)27)29-13-11-24(44-29)14-20-8-9-20/h10-13,15-20,31H,8-9,14H2,1-7H3. The van der Waals surface area contributed by atoms with Crippen LogP contribution < -0.4 is 15.7 Å². The maximum atomic E-state index is 16.3. The van der Waals surface area contributed by atoms with E-state index in [-0.39, 0.29) is 17.5 Å². The highest BCUT2D eigenvalue weighted by molar-refractivity contribution is 7.12. The Morgan fingerprint density at radius 1 is 0.886 bits per heavy atom. The Kier molecular flexibility index (Phi) is 6.35. The first kappa shape index (κ1) is 28.8. The molecule has 0 spiro atoms. The van der Waals surface area contributed by atoms with Gasteiger partial charge in [0.25, 0.3) is 0 Å². The summed E-state index contributed by atoms with van der Waals surface area (Å²) in [5.74, 6) is 0.916. The van der Waals surface area contributed by atoms with Crippen LogP contribution in [-0.2, 0) is 25.0 Å². The number of nitrogens with zero attached hydrogens (tertiary/aromatic N) is 1. The van der Waals surface area contributed by atoms with Gasteiger partial charge in [-0.25, -0.2) is 4.39 Å². The summed E-state index contributed by atoms with van der Waals surface area (Å²) in [5.41, 5.74) is 2.29. The topological polar surface area (TPSA) is 51.1 Å². The van der Waals surface area contributed by atoms with Crippen LogP contribution in [0.3, 0.4) is 0 Å². The molecule has 3 fully saturated rings. The lowest BCUT2D eigenvalue weighted by Gasteiger charge is -2.32. The second-order valence-corrected chi connectivity index (χ2v) is 15.6. The average Bonchev–Trinajstić information content (AvgIpc) is 3.27. The van der Waals surface area contributed by atoms with Crippen molar-refractivity contribution >= 4 is 47.4 Å². The Hall–Kier alpha value is -2.62. The summed E-state index contributed by atoms with van der Waals surface area (Å²) in [6, 6.07) is 16.1. The molecule has 5 heterocycles. The molecule has 1 aliphatic carbocycles. The molecule has 228 valence electrons. The number of aromatic nitrogens is 1. The summed E-state index contributed by atoms with van der Waals surface area (Å²) in [7, 11) is -1.15. The van der Waals surface area contributed by atoms with Gasteiger partial charge in [-0.2, -0.15) is 0 Å². The van der Waals surface area contributed by atoms with Gasteiger partial charge in [0.05, 0.1) is 44.6 Å². The van der Waals surface area contributed by atoms with Gasteiger partial charge in [0.2, 0.25) is 6.23 Å². The molecule has 0 radical (unpaired) electrons. The Bertz CT molecular complexity index is 1780. The van der Waals surface area contributed by atoms with Crippen LogP contribution in [0.2, 0.25) is 0 Å². The van der Waals surface area contributed by atoms with Gasteiger partial charge in [0.1, 0.15) is 11.6 Å². The van der Waals surface area contributed by atoms with Gasteiger partial charge in [-0.15, -0.1) is 11.3 Å². The zero-order chi connectivity index (χ0) is 30.8. The van der Waals surface area contributed by atoms with Crippen molar-refractivity contribution in [2.45, 2.75) is 96.9 Å². The van der Waals surface area contributed by atoms with Gasteiger partial charge >= 0.3 is 14.2 Å². The molecule has 0 N–H and O–H groups in total. The van der Waals surface area contributed by atoms with E-state index in [4.69, 9.17) is 23.4 Å². The van der Waals surface area contributed by atoms with E-state index < -0.39 is 31.7 Å². The number of rotatable bonds is 5. The van der Waals surface area contributed by atoms with Crippen molar-refractivity contribution < 1.29 is 27.7 Å². The van der Waals surface area contributed by atoms with Gasteiger partial charge in [0.15, 0.2) is 0 Å². The number of halogens is 1. The van der Waals surface area contributed by atoms with Crippen LogP contribution in [0.1, 0.15) is 77.3 Å². The molecule has 2 unspecified atom stereocenters. The van der Waals surface area contributed by atoms with E-state index in [1.807, 2.05) is 60.6 Å². The molecular weight excluding hydrogens is 575 g/mol. The lowest BCUT2D eigenvalue weighted by atomic mass is 9.78. The summed E-state index contributed by atoms with van der Waals surface area (Å²) in [5, 5.41) is 0.979. The van der Waals surface area contributed by atoms with Crippen molar-refractivity contribution in [3.05, 3.63) is 64.1 Å². The highest BCUT2D eigenvalue weighted by Gasteiger charge is 2.52. The number of ether oxygens (including phenoxy) is 1. The molecule has 6 nitrogen and oxygen atoms in total. The first-order chi connectivity index (χ1) is 20.8. The summed E-state index contributed by atoms with van der Waals surface area (Å²) in [4.78, 5) is 2.45. The zero-order valence-electron chi connectivity index (χ0n) is 26.4. The minimum Gasteiger partial charge on any atom is -0.464 e. The zero-order valence-corrected chi connectivity index (χ0v) is 27.2. The Morgan fingerprint density at radius 3 is 2.32 bits per heavy atom. The number of benzene rings is 2. The van der Waals surface area contributed by atoms with Crippen LogP contribution in [0, 0.1) is 11.7 Å². The van der Waals surface area contributed by atoms with Crippen molar-refractivity contribution in [2.24, 2.45) is 5.92 Å². The third-order valence-electron chi connectivity index (χ3n) is 10.3. The minimum atomic E-state index is -0.692. The fourth-order valence-electron chi connectivity index (χ4n) is 6.40. The van der Waals surface area contributed by atoms with E-state index >= 15 is 4.39 Å². The van der Waals surface area contributed by atoms with E-state index in [1.165, 1.54) is 23.8 Å². The fourth-order valence-corrected chi connectivity index (χ4v) is 7.55. The van der Waals surface area contributed by atoms with Crippen molar-refractivity contribution in [2.75, 3.05) is 0 Å². The Morgan fingerprint density at radius 2 is 1.64 bits per heavy atom. The molecule has 4 aliphatic rings. The van der Waals surface area contributed by atoms with Crippen molar-refractivity contribution in [3.8, 4) is 17.0 Å². The number of fused-ring (bicyclic) bond motifs is 5. The van der Waals surface area contributed by atoms with Crippen LogP contribution in [0.4, 0.5) is 4.39 Å². The van der Waals surface area contributed by atoms with E-state index in [1.54, 1.807) is 11.3 Å². The molecule has 0 amide bonds. The predicted molar refractivity (Wildman–Crippen MR) is 174 cm³/mol. The van der Waals surface area contributed by atoms with E-state index in [0.717, 1.165) is 39.3 Å². The van der Waals surface area contributed by atoms with Crippen molar-refractivity contribution in [3.63, 3.8) is 0 Å². The Labute approximate surface area is 263 Å². The third kappa shape index (κ3) is 4.59. The molecule has 2 aromatic heterocycles. The largest absolute Gasteiger partial charge is 0.495 e. The van der Waals surface area contributed by atoms with Gasteiger partial charge in [-0.05, 0) is 121 Å². The van der Waals surface area contributed by atoms with Gasteiger partial charge in [-0.1, -0.05) is 12.1 Å². The van der Waals surface area contributed by atoms with Gasteiger partial charge in [0, 0.05) is 10.3 Å². The second kappa shape index (κ2) is 9.69.